The number of hydrogen-bond acceptors (Lipinski definition) is 3. The molecule has 0 unspecified atom stereocenters. The number of benzene rings is 1. The van der Waals surface area contributed by atoms with Gasteiger partial charge in [-0.2, -0.15) is 0 Å². The summed E-state index contributed by atoms with van der Waals surface area (Å²) >= 11 is 0. The van der Waals surface area contributed by atoms with Crippen LogP contribution in [0.2, 0.25) is 0 Å². The molecule has 0 atom stereocenters. The zero-order valence-electron chi connectivity index (χ0n) is 10.0. The minimum absolute atomic E-state index is 0.0800. The molecule has 1 aliphatic heterocycles. The summed E-state index contributed by atoms with van der Waals surface area (Å²) in [7, 11) is 0. The number of rotatable bonds is 5. The largest absolute Gasteiger partial charge is 0.494 e. The third kappa shape index (κ3) is 3.20. The first kappa shape index (κ1) is 11.9. The lowest BCUT2D eigenvalue weighted by Gasteiger charge is -2.25. The van der Waals surface area contributed by atoms with Gasteiger partial charge in [0, 0.05) is 24.8 Å². The minimum Gasteiger partial charge on any atom is -0.494 e. The van der Waals surface area contributed by atoms with E-state index in [9.17, 15) is 4.79 Å². The SMILES string of the molecule is CCCOc1cccc(NC(=O)C2CNC2)c1. The molecule has 92 valence electrons. The summed E-state index contributed by atoms with van der Waals surface area (Å²) in [6.07, 6.45) is 0.977. The fourth-order valence-electron chi connectivity index (χ4n) is 1.60. The molecule has 0 bridgehead atoms. The van der Waals surface area contributed by atoms with Crippen LogP contribution in [-0.2, 0) is 4.79 Å². The van der Waals surface area contributed by atoms with E-state index >= 15 is 0 Å². The molecule has 0 aliphatic carbocycles. The van der Waals surface area contributed by atoms with Crippen molar-refractivity contribution in [3.63, 3.8) is 0 Å². The average molecular weight is 234 g/mol. The molecular weight excluding hydrogens is 216 g/mol. The topological polar surface area (TPSA) is 50.4 Å². The molecule has 1 aromatic carbocycles. The number of nitrogens with one attached hydrogen (secondary N) is 2. The molecule has 2 rings (SSSR count). The molecule has 1 aliphatic rings. The van der Waals surface area contributed by atoms with E-state index in [-0.39, 0.29) is 11.8 Å². The van der Waals surface area contributed by atoms with Crippen LogP contribution in [0.1, 0.15) is 13.3 Å². The van der Waals surface area contributed by atoms with Gasteiger partial charge in [-0.15, -0.1) is 0 Å². The predicted molar refractivity (Wildman–Crippen MR) is 67.2 cm³/mol. The van der Waals surface area contributed by atoms with Gasteiger partial charge in [0.25, 0.3) is 0 Å². The van der Waals surface area contributed by atoms with Crippen LogP contribution in [0, 0.1) is 5.92 Å². The molecule has 4 heteroatoms. The molecule has 0 saturated carbocycles. The van der Waals surface area contributed by atoms with Crippen LogP contribution >= 0.6 is 0 Å². The van der Waals surface area contributed by atoms with E-state index in [1.165, 1.54) is 0 Å². The van der Waals surface area contributed by atoms with Gasteiger partial charge < -0.3 is 15.4 Å². The van der Waals surface area contributed by atoms with E-state index in [4.69, 9.17) is 4.74 Å². The third-order valence-corrected chi connectivity index (χ3v) is 2.73. The first-order valence-corrected chi connectivity index (χ1v) is 6.04. The number of amides is 1. The standard InChI is InChI=1S/C13H18N2O2/c1-2-6-17-12-5-3-4-11(7-12)15-13(16)10-8-14-9-10/h3-5,7,10,14H,2,6,8-9H2,1H3,(H,15,16). The Morgan fingerprint density at radius 3 is 3.00 bits per heavy atom. The lowest BCUT2D eigenvalue weighted by Crippen LogP contribution is -2.48. The quantitative estimate of drug-likeness (QED) is 0.814. The molecular formula is C13H18N2O2. The van der Waals surface area contributed by atoms with Gasteiger partial charge >= 0.3 is 0 Å². The van der Waals surface area contributed by atoms with Gasteiger partial charge in [-0.25, -0.2) is 0 Å². The van der Waals surface area contributed by atoms with E-state index in [1.54, 1.807) is 0 Å². The third-order valence-electron chi connectivity index (χ3n) is 2.73. The van der Waals surface area contributed by atoms with Crippen molar-refractivity contribution in [2.24, 2.45) is 5.92 Å². The number of ether oxygens (including phenoxy) is 1. The van der Waals surface area contributed by atoms with Crippen molar-refractivity contribution in [2.75, 3.05) is 25.0 Å². The molecule has 0 radical (unpaired) electrons. The monoisotopic (exact) mass is 234 g/mol. The summed E-state index contributed by atoms with van der Waals surface area (Å²) in [6.45, 7) is 4.31. The van der Waals surface area contributed by atoms with Crippen LogP contribution in [0.3, 0.4) is 0 Å². The maximum atomic E-state index is 11.7. The first-order valence-electron chi connectivity index (χ1n) is 6.04. The fourth-order valence-corrected chi connectivity index (χ4v) is 1.60. The highest BCUT2D eigenvalue weighted by Gasteiger charge is 2.24. The van der Waals surface area contributed by atoms with Crippen LogP contribution in [0.25, 0.3) is 0 Å². The number of anilines is 1. The summed E-state index contributed by atoms with van der Waals surface area (Å²) in [5, 5.41) is 5.98. The molecule has 1 amide bonds. The van der Waals surface area contributed by atoms with Gasteiger partial charge in [0.2, 0.25) is 5.91 Å². The molecule has 1 fully saturated rings. The Labute approximate surface area is 101 Å². The van der Waals surface area contributed by atoms with Crippen LogP contribution in [0.5, 0.6) is 5.75 Å². The average Bonchev–Trinajstić information content (AvgIpc) is 2.24. The van der Waals surface area contributed by atoms with Gasteiger partial charge in [-0.1, -0.05) is 13.0 Å². The Kier molecular flexibility index (Phi) is 3.98. The highest BCUT2D eigenvalue weighted by Crippen LogP contribution is 2.18. The molecule has 0 spiro atoms. The van der Waals surface area contributed by atoms with Gasteiger partial charge in [0.15, 0.2) is 0 Å². The van der Waals surface area contributed by atoms with Crippen LogP contribution < -0.4 is 15.4 Å². The Morgan fingerprint density at radius 2 is 2.35 bits per heavy atom. The first-order chi connectivity index (χ1) is 8.29. The molecule has 1 saturated heterocycles. The maximum absolute atomic E-state index is 11.7. The van der Waals surface area contributed by atoms with E-state index < -0.39 is 0 Å². The Bertz CT molecular complexity index is 389. The molecule has 1 heterocycles. The minimum atomic E-state index is 0.0800. The van der Waals surface area contributed by atoms with Crippen molar-refractivity contribution in [2.45, 2.75) is 13.3 Å². The molecule has 1 aromatic rings. The normalized spacial score (nSPS) is 15.1. The number of hydrogen-bond donors (Lipinski definition) is 2. The van der Waals surface area contributed by atoms with Crippen molar-refractivity contribution in [3.8, 4) is 5.75 Å². The van der Waals surface area contributed by atoms with Crippen molar-refractivity contribution in [1.82, 2.24) is 5.32 Å². The summed E-state index contributed by atoms with van der Waals surface area (Å²) in [6, 6.07) is 7.53. The highest BCUT2D eigenvalue weighted by atomic mass is 16.5. The zero-order chi connectivity index (χ0) is 12.1. The van der Waals surface area contributed by atoms with Gasteiger partial charge in [-0.3, -0.25) is 4.79 Å². The predicted octanol–water partition coefficient (Wildman–Crippen LogP) is 1.63. The van der Waals surface area contributed by atoms with E-state index in [0.717, 1.165) is 30.9 Å². The Morgan fingerprint density at radius 1 is 1.53 bits per heavy atom. The van der Waals surface area contributed by atoms with Crippen molar-refractivity contribution >= 4 is 11.6 Å². The lowest BCUT2D eigenvalue weighted by atomic mass is 10.0. The molecule has 2 N–H and O–H groups in total. The summed E-state index contributed by atoms with van der Waals surface area (Å²) in [5.41, 5.74) is 0.801. The number of carbonyl (C=O) groups excluding carboxylic acids is 1. The summed E-state index contributed by atoms with van der Waals surface area (Å²) < 4.78 is 5.51. The molecule has 17 heavy (non-hydrogen) atoms. The second kappa shape index (κ2) is 5.68. The van der Waals surface area contributed by atoms with E-state index in [1.807, 2.05) is 24.3 Å². The van der Waals surface area contributed by atoms with Crippen LogP contribution in [0.4, 0.5) is 5.69 Å². The van der Waals surface area contributed by atoms with Gasteiger partial charge in [-0.05, 0) is 18.6 Å². The second-order valence-corrected chi connectivity index (χ2v) is 4.22. The van der Waals surface area contributed by atoms with E-state index in [2.05, 4.69) is 17.6 Å². The second-order valence-electron chi connectivity index (χ2n) is 4.22. The zero-order valence-corrected chi connectivity index (χ0v) is 10.0. The van der Waals surface area contributed by atoms with Crippen LogP contribution in [-0.4, -0.2) is 25.6 Å². The fraction of sp³-hybridized carbons (Fsp3) is 0.462. The summed E-state index contributed by atoms with van der Waals surface area (Å²) in [5.74, 6) is 0.989. The highest BCUT2D eigenvalue weighted by molar-refractivity contribution is 5.93. The number of carbonyl (C=O) groups is 1. The van der Waals surface area contributed by atoms with Crippen molar-refractivity contribution in [1.29, 1.82) is 0 Å². The molecule has 0 aromatic heterocycles. The van der Waals surface area contributed by atoms with Gasteiger partial charge in [0.05, 0.1) is 12.5 Å². The van der Waals surface area contributed by atoms with Crippen molar-refractivity contribution < 1.29 is 9.53 Å². The Hall–Kier alpha value is -1.55. The van der Waals surface area contributed by atoms with Crippen LogP contribution in [0.15, 0.2) is 24.3 Å². The summed E-state index contributed by atoms with van der Waals surface area (Å²) in [4.78, 5) is 11.7. The molecule has 4 nitrogen and oxygen atoms in total. The van der Waals surface area contributed by atoms with Crippen molar-refractivity contribution in [3.05, 3.63) is 24.3 Å². The van der Waals surface area contributed by atoms with Gasteiger partial charge in [0.1, 0.15) is 5.75 Å². The smallest absolute Gasteiger partial charge is 0.230 e. The Balaban J connectivity index is 1.93. The van der Waals surface area contributed by atoms with E-state index in [0.29, 0.717) is 6.61 Å². The maximum Gasteiger partial charge on any atom is 0.230 e. The lowest BCUT2D eigenvalue weighted by molar-refractivity contribution is -0.121.